The molecule has 0 amide bonds. The van der Waals surface area contributed by atoms with Crippen molar-refractivity contribution in [1.82, 2.24) is 8.10 Å². The molecular formula is C18H23IN2O3. The van der Waals surface area contributed by atoms with Gasteiger partial charge in [-0.25, -0.2) is 2.78 Å². The summed E-state index contributed by atoms with van der Waals surface area (Å²) in [7, 11) is 0. The van der Waals surface area contributed by atoms with Crippen molar-refractivity contribution in [1.29, 1.82) is 0 Å². The van der Waals surface area contributed by atoms with E-state index >= 15 is 0 Å². The second-order valence-corrected chi connectivity index (χ2v) is 5.91. The summed E-state index contributed by atoms with van der Waals surface area (Å²) in [5.41, 5.74) is -0.0763. The number of hydrogen-bond donors (Lipinski definition) is 2. The highest BCUT2D eigenvalue weighted by molar-refractivity contribution is 14.1. The Kier molecular flexibility index (Phi) is 8.14. The van der Waals surface area contributed by atoms with Crippen LogP contribution < -0.4 is 10.9 Å². The molecule has 1 unspecified atom stereocenters. The fourth-order valence-electron chi connectivity index (χ4n) is 2.45. The lowest BCUT2D eigenvalue weighted by molar-refractivity contribution is 0.104. The largest absolute Gasteiger partial charge is 0.506 e. The van der Waals surface area contributed by atoms with Crippen LogP contribution in [0.2, 0.25) is 0 Å². The third-order valence-corrected chi connectivity index (χ3v) is 4.55. The molecule has 0 aliphatic carbocycles. The van der Waals surface area contributed by atoms with Gasteiger partial charge in [0.05, 0.1) is 28.6 Å². The van der Waals surface area contributed by atoms with E-state index in [1.807, 2.05) is 13.8 Å². The minimum absolute atomic E-state index is 0.138. The van der Waals surface area contributed by atoms with Gasteiger partial charge in [0.2, 0.25) is 0 Å². The average molecular weight is 442 g/mol. The van der Waals surface area contributed by atoms with Gasteiger partial charge in [-0.3, -0.25) is 9.59 Å². The molecule has 0 aromatic carbocycles. The van der Waals surface area contributed by atoms with Crippen LogP contribution in [-0.4, -0.2) is 26.3 Å². The van der Waals surface area contributed by atoms with E-state index in [9.17, 15) is 14.7 Å². The van der Waals surface area contributed by atoms with Crippen molar-refractivity contribution < 1.29 is 9.90 Å². The minimum Gasteiger partial charge on any atom is -0.506 e. The minimum atomic E-state index is -0.562. The summed E-state index contributed by atoms with van der Waals surface area (Å²) in [5, 5.41) is 13.5. The fraction of sp³-hybridized carbons (Fsp3) is 0.333. The highest BCUT2D eigenvalue weighted by Crippen LogP contribution is 2.27. The van der Waals surface area contributed by atoms with Crippen LogP contribution in [0.5, 0.6) is 5.75 Å². The first kappa shape index (κ1) is 20.4. The van der Waals surface area contributed by atoms with Crippen LogP contribution in [0.25, 0.3) is 12.2 Å². The number of allylic oxidation sites excluding steroid dienone is 1. The molecule has 6 heteroatoms. The van der Waals surface area contributed by atoms with Gasteiger partial charge >= 0.3 is 0 Å². The summed E-state index contributed by atoms with van der Waals surface area (Å²) in [6.07, 6.45) is 7.94. The maximum absolute atomic E-state index is 12.3. The zero-order valence-electron chi connectivity index (χ0n) is 14.0. The molecule has 2 heterocycles. The molecule has 1 fully saturated rings. The van der Waals surface area contributed by atoms with Crippen molar-refractivity contribution in [2.24, 2.45) is 0 Å². The van der Waals surface area contributed by atoms with Crippen molar-refractivity contribution in [3.8, 4) is 5.75 Å². The lowest BCUT2D eigenvalue weighted by Gasteiger charge is -2.11. The molecule has 130 valence electrons. The fourth-order valence-corrected chi connectivity index (χ4v) is 3.14. The summed E-state index contributed by atoms with van der Waals surface area (Å²) in [5.74, 6) is -0.864. The van der Waals surface area contributed by atoms with E-state index in [1.54, 1.807) is 28.9 Å². The summed E-state index contributed by atoms with van der Waals surface area (Å²) in [6.45, 7) is 12.2. The Hall–Kier alpha value is -1.67. The molecule has 0 saturated carbocycles. The number of aromatic nitrogens is 1. The quantitative estimate of drug-likeness (QED) is 0.416. The molecule has 1 saturated heterocycles. The number of nitrogens with one attached hydrogen (secondary N) is 1. The van der Waals surface area contributed by atoms with Gasteiger partial charge < -0.3 is 10.4 Å². The Bertz CT molecular complexity index is 714. The molecule has 24 heavy (non-hydrogen) atoms. The number of carbonyl (C=O) groups is 1. The highest BCUT2D eigenvalue weighted by Gasteiger charge is 2.22. The second-order valence-electron chi connectivity index (χ2n) is 4.94. The monoisotopic (exact) mass is 442 g/mol. The first-order valence-corrected chi connectivity index (χ1v) is 8.86. The first-order valence-electron chi connectivity index (χ1n) is 7.90. The van der Waals surface area contributed by atoms with Gasteiger partial charge in [-0.15, -0.1) is 0 Å². The van der Waals surface area contributed by atoms with Crippen LogP contribution in [0, 0.1) is 0 Å². The lowest BCUT2D eigenvalue weighted by atomic mass is 10.0. The Morgan fingerprint density at radius 2 is 2.04 bits per heavy atom. The van der Waals surface area contributed by atoms with Gasteiger partial charge in [0.15, 0.2) is 5.78 Å². The maximum Gasteiger partial charge on any atom is 0.274 e. The number of carbonyl (C=O) groups excluding carboxylic acids is 1. The zero-order chi connectivity index (χ0) is 18.3. The van der Waals surface area contributed by atoms with E-state index in [0.29, 0.717) is 11.3 Å². The number of nitrogens with zero attached hydrogens (tertiary/aromatic N) is 1. The van der Waals surface area contributed by atoms with E-state index in [1.165, 1.54) is 21.0 Å². The molecule has 1 aliphatic rings. The molecule has 5 nitrogen and oxygen atoms in total. The van der Waals surface area contributed by atoms with Crippen LogP contribution in [0.3, 0.4) is 0 Å². The molecule has 0 spiro atoms. The lowest BCUT2D eigenvalue weighted by Crippen LogP contribution is -2.24. The molecule has 2 rings (SSSR count). The van der Waals surface area contributed by atoms with E-state index in [-0.39, 0.29) is 17.4 Å². The Balaban J connectivity index is 0.00000139. The van der Waals surface area contributed by atoms with Gasteiger partial charge in [0, 0.05) is 11.6 Å². The predicted octanol–water partition coefficient (Wildman–Crippen LogP) is 3.56. The summed E-state index contributed by atoms with van der Waals surface area (Å²) < 4.78 is 1.26. The molecule has 1 aromatic heterocycles. The first-order chi connectivity index (χ1) is 11.5. The standard InChI is InChI=1S/C16H17IN2O3.C2H6/c1-3-11-12(4-2)19(17)16(22)14(15(11)21)13(20)8-7-10-6-5-9-18-10;1-2/h3-4,7-8,10,18,21H,1-2,5-6,9H2;1-2H3/b8-7+;. The van der Waals surface area contributed by atoms with E-state index in [0.717, 1.165) is 19.4 Å². The number of aromatic hydroxyl groups is 1. The van der Waals surface area contributed by atoms with Crippen LogP contribution in [-0.2, 0) is 0 Å². The van der Waals surface area contributed by atoms with Gasteiger partial charge in [0.25, 0.3) is 5.56 Å². The maximum atomic E-state index is 12.3. The molecule has 1 atom stereocenters. The van der Waals surface area contributed by atoms with E-state index in [2.05, 4.69) is 18.5 Å². The molecule has 1 aromatic rings. The molecule has 0 radical (unpaired) electrons. The predicted molar refractivity (Wildman–Crippen MR) is 108 cm³/mol. The molecule has 1 aliphatic heterocycles. The van der Waals surface area contributed by atoms with Gasteiger partial charge in [-0.05, 0) is 31.5 Å². The van der Waals surface area contributed by atoms with Gasteiger partial charge in [0.1, 0.15) is 11.3 Å². The Labute approximate surface area is 156 Å². The number of pyridine rings is 1. The number of halogens is 1. The highest BCUT2D eigenvalue weighted by atomic mass is 127. The molecule has 0 bridgehead atoms. The molecular weight excluding hydrogens is 419 g/mol. The van der Waals surface area contributed by atoms with Gasteiger partial charge in [-0.2, -0.15) is 0 Å². The van der Waals surface area contributed by atoms with Crippen LogP contribution in [0.1, 0.15) is 48.3 Å². The van der Waals surface area contributed by atoms with Gasteiger partial charge in [-0.1, -0.05) is 39.2 Å². The van der Waals surface area contributed by atoms with Crippen LogP contribution in [0.4, 0.5) is 0 Å². The smallest absolute Gasteiger partial charge is 0.274 e. The van der Waals surface area contributed by atoms with Crippen molar-refractivity contribution in [2.75, 3.05) is 6.54 Å². The van der Waals surface area contributed by atoms with Crippen molar-refractivity contribution >= 4 is 40.8 Å². The van der Waals surface area contributed by atoms with Crippen LogP contribution in [0.15, 0.2) is 30.1 Å². The SMILES string of the molecule is C=Cc1c(O)c(C(=O)/C=C/C2CCCN2)c(=O)n(I)c1C=C.CC. The van der Waals surface area contributed by atoms with Crippen molar-refractivity contribution in [2.45, 2.75) is 32.7 Å². The average Bonchev–Trinajstić information content (AvgIpc) is 3.11. The number of ketones is 1. The van der Waals surface area contributed by atoms with E-state index in [4.69, 9.17) is 0 Å². The third-order valence-electron chi connectivity index (χ3n) is 3.59. The van der Waals surface area contributed by atoms with Crippen molar-refractivity contribution in [3.05, 3.63) is 52.5 Å². The number of rotatable bonds is 5. The Morgan fingerprint density at radius 1 is 1.38 bits per heavy atom. The van der Waals surface area contributed by atoms with Crippen LogP contribution >= 0.6 is 22.9 Å². The topological polar surface area (TPSA) is 71.3 Å². The summed E-state index contributed by atoms with van der Waals surface area (Å²) >= 11 is 1.78. The summed E-state index contributed by atoms with van der Waals surface area (Å²) in [6, 6.07) is 0.138. The number of hydrogen-bond acceptors (Lipinski definition) is 4. The normalized spacial score (nSPS) is 16.5. The van der Waals surface area contributed by atoms with Crippen molar-refractivity contribution in [3.63, 3.8) is 0 Å². The Morgan fingerprint density at radius 3 is 2.54 bits per heavy atom. The molecule has 2 N–H and O–H groups in total. The third kappa shape index (κ3) is 4.24. The van der Waals surface area contributed by atoms with E-state index < -0.39 is 11.3 Å². The second kappa shape index (κ2) is 9.58. The summed E-state index contributed by atoms with van der Waals surface area (Å²) in [4.78, 5) is 24.6. The zero-order valence-corrected chi connectivity index (χ0v) is 16.2.